The summed E-state index contributed by atoms with van der Waals surface area (Å²) in [5.74, 6) is -1.02. The fourth-order valence-corrected chi connectivity index (χ4v) is 7.77. The van der Waals surface area contributed by atoms with Crippen molar-refractivity contribution in [1.82, 2.24) is 0 Å². The highest BCUT2D eigenvalue weighted by Gasteiger charge is 2.19. The number of esters is 3. The Kier molecular flexibility index (Phi) is 55.9. The second kappa shape index (κ2) is 59.4. The van der Waals surface area contributed by atoms with E-state index in [9.17, 15) is 14.4 Å². The van der Waals surface area contributed by atoms with Gasteiger partial charge in [-0.2, -0.15) is 0 Å². The van der Waals surface area contributed by atoms with E-state index >= 15 is 0 Å². The lowest BCUT2D eigenvalue weighted by molar-refractivity contribution is -0.166. The summed E-state index contributed by atoms with van der Waals surface area (Å²) in [7, 11) is 0. The third-order valence-electron chi connectivity index (χ3n) is 12.2. The number of unbranched alkanes of at least 4 members (excludes halogenated alkanes) is 21. The molecule has 0 aliphatic rings. The molecule has 0 bridgehead atoms. The van der Waals surface area contributed by atoms with Crippen molar-refractivity contribution in [3.63, 3.8) is 0 Å². The molecule has 0 aromatic heterocycles. The number of hydrogen-bond acceptors (Lipinski definition) is 6. The minimum absolute atomic E-state index is 0.116. The number of rotatable bonds is 52. The summed E-state index contributed by atoms with van der Waals surface area (Å²) < 4.78 is 16.8. The monoisotopic (exact) mass is 997 g/mol. The van der Waals surface area contributed by atoms with E-state index in [1.807, 2.05) is 12.2 Å². The van der Waals surface area contributed by atoms with Crippen molar-refractivity contribution in [3.05, 3.63) is 122 Å². The van der Waals surface area contributed by atoms with Crippen LogP contribution in [0.1, 0.15) is 258 Å². The molecule has 6 nitrogen and oxygen atoms in total. The van der Waals surface area contributed by atoms with Crippen LogP contribution in [0.4, 0.5) is 0 Å². The quantitative estimate of drug-likeness (QED) is 0.0261. The fraction of sp³-hybridized carbons (Fsp3) is 0.652. The van der Waals surface area contributed by atoms with E-state index in [-0.39, 0.29) is 31.6 Å². The van der Waals surface area contributed by atoms with Gasteiger partial charge in [-0.15, -0.1) is 0 Å². The largest absolute Gasteiger partial charge is 0.462 e. The van der Waals surface area contributed by atoms with Crippen molar-refractivity contribution < 1.29 is 28.6 Å². The summed E-state index contributed by atoms with van der Waals surface area (Å²) in [6.45, 7) is 6.38. The Bertz CT molecular complexity index is 1520. The molecule has 1 unspecified atom stereocenters. The van der Waals surface area contributed by atoms with Gasteiger partial charge in [0.15, 0.2) is 6.10 Å². The Hall–Kier alpha value is -4.19. The molecule has 0 aromatic carbocycles. The van der Waals surface area contributed by atoms with Crippen molar-refractivity contribution in [2.45, 2.75) is 264 Å². The van der Waals surface area contributed by atoms with Crippen molar-refractivity contribution >= 4 is 17.9 Å². The molecule has 72 heavy (non-hydrogen) atoms. The van der Waals surface area contributed by atoms with E-state index < -0.39 is 12.1 Å². The van der Waals surface area contributed by atoms with Gasteiger partial charge in [-0.25, -0.2) is 0 Å². The first-order valence-electron chi connectivity index (χ1n) is 29.5. The Morgan fingerprint density at radius 2 is 0.597 bits per heavy atom. The van der Waals surface area contributed by atoms with Crippen LogP contribution in [0.2, 0.25) is 0 Å². The molecule has 0 saturated heterocycles. The average molecular weight is 998 g/mol. The smallest absolute Gasteiger partial charge is 0.306 e. The lowest BCUT2D eigenvalue weighted by Crippen LogP contribution is -2.30. The number of carbonyl (C=O) groups excluding carboxylic acids is 3. The van der Waals surface area contributed by atoms with Crippen LogP contribution < -0.4 is 0 Å². The lowest BCUT2D eigenvalue weighted by Gasteiger charge is -2.18. The third-order valence-corrected chi connectivity index (χ3v) is 12.2. The van der Waals surface area contributed by atoms with Gasteiger partial charge in [0.2, 0.25) is 0 Å². The fourth-order valence-electron chi connectivity index (χ4n) is 7.77. The first kappa shape index (κ1) is 67.8. The van der Waals surface area contributed by atoms with Crippen LogP contribution in [-0.4, -0.2) is 37.2 Å². The second-order valence-corrected chi connectivity index (χ2v) is 19.2. The number of hydrogen-bond donors (Lipinski definition) is 0. The maximum absolute atomic E-state index is 12.8. The molecule has 6 heteroatoms. The highest BCUT2D eigenvalue weighted by molar-refractivity contribution is 5.71. The van der Waals surface area contributed by atoms with Crippen LogP contribution in [0.15, 0.2) is 122 Å². The molecule has 408 valence electrons. The maximum atomic E-state index is 12.8. The van der Waals surface area contributed by atoms with Gasteiger partial charge in [-0.05, 0) is 116 Å². The predicted octanol–water partition coefficient (Wildman–Crippen LogP) is 20.0. The standard InChI is InChI=1S/C66H108O6/c1-4-7-10-13-16-19-22-24-26-28-30-31-32-33-34-35-37-38-40-42-44-47-50-53-56-59-65(68)71-62-63(61-70-64(67)58-55-52-49-46-21-18-15-12-9-6-3)72-66(69)60-57-54-51-48-45-43-41-39-36-29-27-25-23-20-17-14-11-8-5-2/h8,11-12,15,17,20,22,24-25,27-28,30,32-33,36,39,43,45,51,54,63H,4-7,9-10,13-14,16,18-19,21,23,26,29,31,34-35,37-38,40-42,44,46-50,52-53,55-62H2,1-3H3/b11-8-,15-12-,20-17-,24-22-,27-25-,30-28-,33-32-,39-36-,45-43-,54-51-. The molecule has 0 fully saturated rings. The zero-order chi connectivity index (χ0) is 52.2. The van der Waals surface area contributed by atoms with Gasteiger partial charge in [0.25, 0.3) is 0 Å². The van der Waals surface area contributed by atoms with Gasteiger partial charge in [0, 0.05) is 19.3 Å². The summed E-state index contributed by atoms with van der Waals surface area (Å²) in [6, 6.07) is 0. The highest BCUT2D eigenvalue weighted by Crippen LogP contribution is 2.14. The minimum Gasteiger partial charge on any atom is -0.462 e. The molecule has 0 aromatic rings. The van der Waals surface area contributed by atoms with Crippen LogP contribution >= 0.6 is 0 Å². The predicted molar refractivity (Wildman–Crippen MR) is 311 cm³/mol. The van der Waals surface area contributed by atoms with Crippen LogP contribution in [-0.2, 0) is 28.6 Å². The summed E-state index contributed by atoms with van der Waals surface area (Å²) in [6.07, 6.45) is 82.2. The average Bonchev–Trinajstić information content (AvgIpc) is 3.38. The molecular formula is C66H108O6. The Morgan fingerprint density at radius 3 is 0.972 bits per heavy atom. The summed E-state index contributed by atoms with van der Waals surface area (Å²) >= 11 is 0. The van der Waals surface area contributed by atoms with Crippen LogP contribution in [0.25, 0.3) is 0 Å². The summed E-state index contributed by atoms with van der Waals surface area (Å²) in [5, 5.41) is 0. The van der Waals surface area contributed by atoms with Gasteiger partial charge in [-0.1, -0.05) is 245 Å². The molecular weight excluding hydrogens is 889 g/mol. The second-order valence-electron chi connectivity index (χ2n) is 19.2. The van der Waals surface area contributed by atoms with Crippen molar-refractivity contribution in [2.75, 3.05) is 13.2 Å². The van der Waals surface area contributed by atoms with Gasteiger partial charge in [0.1, 0.15) is 13.2 Å². The lowest BCUT2D eigenvalue weighted by atomic mass is 10.1. The molecule has 1 atom stereocenters. The van der Waals surface area contributed by atoms with E-state index in [1.165, 1.54) is 103 Å². The van der Waals surface area contributed by atoms with Gasteiger partial charge in [-0.3, -0.25) is 14.4 Å². The first-order valence-corrected chi connectivity index (χ1v) is 29.5. The van der Waals surface area contributed by atoms with E-state index in [0.29, 0.717) is 19.3 Å². The number of carbonyl (C=O) groups is 3. The molecule has 0 radical (unpaired) electrons. The topological polar surface area (TPSA) is 78.9 Å². The third kappa shape index (κ3) is 56.7. The van der Waals surface area contributed by atoms with E-state index in [0.717, 1.165) is 109 Å². The summed E-state index contributed by atoms with van der Waals surface area (Å²) in [4.78, 5) is 38.1. The number of allylic oxidation sites excluding steroid dienone is 20. The Morgan fingerprint density at radius 1 is 0.292 bits per heavy atom. The van der Waals surface area contributed by atoms with Crippen molar-refractivity contribution in [3.8, 4) is 0 Å². The molecule has 0 spiro atoms. The Balaban J connectivity index is 4.39. The number of ether oxygens (including phenoxy) is 3. The molecule has 0 aliphatic carbocycles. The van der Waals surface area contributed by atoms with Gasteiger partial charge >= 0.3 is 17.9 Å². The van der Waals surface area contributed by atoms with Gasteiger partial charge in [0.05, 0.1) is 0 Å². The van der Waals surface area contributed by atoms with Crippen LogP contribution in [0.3, 0.4) is 0 Å². The van der Waals surface area contributed by atoms with Crippen LogP contribution in [0.5, 0.6) is 0 Å². The van der Waals surface area contributed by atoms with E-state index in [2.05, 4.69) is 130 Å². The highest BCUT2D eigenvalue weighted by atomic mass is 16.6. The zero-order valence-corrected chi connectivity index (χ0v) is 46.7. The van der Waals surface area contributed by atoms with E-state index in [4.69, 9.17) is 14.2 Å². The van der Waals surface area contributed by atoms with E-state index in [1.54, 1.807) is 0 Å². The normalized spacial score (nSPS) is 13.0. The van der Waals surface area contributed by atoms with Crippen molar-refractivity contribution in [1.29, 1.82) is 0 Å². The molecule has 0 amide bonds. The summed E-state index contributed by atoms with van der Waals surface area (Å²) in [5.41, 5.74) is 0. The zero-order valence-electron chi connectivity index (χ0n) is 46.7. The molecule has 0 heterocycles. The maximum Gasteiger partial charge on any atom is 0.306 e. The molecule has 0 aliphatic heterocycles. The minimum atomic E-state index is -0.826. The van der Waals surface area contributed by atoms with Crippen molar-refractivity contribution in [2.24, 2.45) is 0 Å². The Labute approximate surface area is 443 Å². The molecule has 0 saturated carbocycles. The van der Waals surface area contributed by atoms with Gasteiger partial charge < -0.3 is 14.2 Å². The molecule has 0 N–H and O–H groups in total. The first-order chi connectivity index (χ1) is 35.5. The molecule has 0 rings (SSSR count). The van der Waals surface area contributed by atoms with Crippen LogP contribution in [0, 0.1) is 0 Å². The SMILES string of the molecule is CC/C=C\C/C=C\C/C=C\C/C=C\C/C=C\C/C=C\CCC(=O)OC(COC(=O)CCCCCCC/C=C\CCC)COC(=O)CCCCCCCCCCCC/C=C\C/C=C\C/C=C\CCCCCCC.